The lowest BCUT2D eigenvalue weighted by Gasteiger charge is -2.40. The molecule has 1 saturated heterocycles. The first kappa shape index (κ1) is 21.9. The molecule has 2 aliphatic rings. The molecule has 1 N–H and O–H groups in total. The Bertz CT molecular complexity index is 1030. The van der Waals surface area contributed by atoms with Crippen molar-refractivity contribution in [2.45, 2.75) is 25.6 Å². The van der Waals surface area contributed by atoms with Crippen LogP contribution in [0.4, 0.5) is 30.4 Å². The van der Waals surface area contributed by atoms with Crippen molar-refractivity contribution in [2.75, 3.05) is 48.3 Å². The maximum atomic E-state index is 12.8. The second kappa shape index (κ2) is 8.33. The van der Waals surface area contributed by atoms with E-state index >= 15 is 0 Å². The van der Waals surface area contributed by atoms with Crippen LogP contribution in [-0.4, -0.2) is 61.0 Å². The van der Waals surface area contributed by atoms with Gasteiger partial charge in [0.1, 0.15) is 5.82 Å². The van der Waals surface area contributed by atoms with Crippen molar-refractivity contribution in [1.29, 1.82) is 0 Å². The fourth-order valence-electron chi connectivity index (χ4n) is 4.09. The molecule has 7 nitrogen and oxygen atoms in total. The lowest BCUT2D eigenvalue weighted by molar-refractivity contribution is -0.137. The zero-order valence-electron chi connectivity index (χ0n) is 17.8. The monoisotopic (exact) mass is 447 g/mol. The van der Waals surface area contributed by atoms with Gasteiger partial charge in [-0.15, -0.1) is 0 Å². The predicted octanol–water partition coefficient (Wildman–Crippen LogP) is 2.77. The summed E-state index contributed by atoms with van der Waals surface area (Å²) >= 11 is 0. The summed E-state index contributed by atoms with van der Waals surface area (Å²) in [6, 6.07) is 7.92. The number of halogens is 3. The molecule has 1 aromatic carbocycles. The number of pyridine rings is 1. The van der Waals surface area contributed by atoms with E-state index in [0.717, 1.165) is 29.2 Å². The van der Waals surface area contributed by atoms with Crippen LogP contribution in [0.15, 0.2) is 36.5 Å². The summed E-state index contributed by atoms with van der Waals surface area (Å²) < 4.78 is 38.3. The second-order valence-electron chi connectivity index (χ2n) is 8.11. The SMILES string of the molecule is C[C@@H]1CN(C(=O)CNc2ccc3c(c2)N(C)C(=O)C3)CCN1c1ccc(C(F)(F)F)cn1. The van der Waals surface area contributed by atoms with E-state index in [0.29, 0.717) is 31.9 Å². The molecular weight excluding hydrogens is 423 g/mol. The van der Waals surface area contributed by atoms with E-state index in [1.807, 2.05) is 30.0 Å². The lowest BCUT2D eigenvalue weighted by Crippen LogP contribution is -2.55. The van der Waals surface area contributed by atoms with Crippen LogP contribution < -0.4 is 15.1 Å². The molecule has 1 fully saturated rings. The predicted molar refractivity (Wildman–Crippen MR) is 115 cm³/mol. The van der Waals surface area contributed by atoms with Crippen LogP contribution in [0.1, 0.15) is 18.1 Å². The Kier molecular flexibility index (Phi) is 5.70. The maximum absolute atomic E-state index is 12.8. The number of carbonyl (C=O) groups is 2. The van der Waals surface area contributed by atoms with Crippen LogP contribution in [-0.2, 0) is 22.2 Å². The number of carbonyl (C=O) groups excluding carboxylic acids is 2. The summed E-state index contributed by atoms with van der Waals surface area (Å²) in [6.07, 6.45) is -3.19. The van der Waals surface area contributed by atoms with Crippen molar-refractivity contribution in [1.82, 2.24) is 9.88 Å². The molecule has 0 saturated carbocycles. The quantitative estimate of drug-likeness (QED) is 0.781. The Balaban J connectivity index is 1.33. The number of hydrogen-bond acceptors (Lipinski definition) is 5. The molecule has 2 amide bonds. The number of hydrogen-bond donors (Lipinski definition) is 1. The van der Waals surface area contributed by atoms with E-state index in [4.69, 9.17) is 0 Å². The fraction of sp³-hybridized carbons (Fsp3) is 0.409. The number of rotatable bonds is 4. The molecule has 10 heteroatoms. The molecule has 2 aliphatic heterocycles. The van der Waals surface area contributed by atoms with Crippen LogP contribution in [0, 0.1) is 0 Å². The molecular formula is C22H24F3N5O2. The summed E-state index contributed by atoms with van der Waals surface area (Å²) in [4.78, 5) is 33.7. The minimum Gasteiger partial charge on any atom is -0.376 e. The van der Waals surface area contributed by atoms with Gasteiger partial charge < -0.3 is 20.0 Å². The Hall–Kier alpha value is -3.30. The van der Waals surface area contributed by atoms with Gasteiger partial charge in [-0.2, -0.15) is 13.2 Å². The minimum absolute atomic E-state index is 0.0441. The molecule has 0 unspecified atom stereocenters. The molecule has 0 bridgehead atoms. The number of benzene rings is 1. The zero-order chi connectivity index (χ0) is 23.0. The summed E-state index contributed by atoms with van der Waals surface area (Å²) in [7, 11) is 1.73. The number of alkyl halides is 3. The number of fused-ring (bicyclic) bond motifs is 1. The van der Waals surface area contributed by atoms with Gasteiger partial charge >= 0.3 is 6.18 Å². The first-order valence-electron chi connectivity index (χ1n) is 10.3. The second-order valence-corrected chi connectivity index (χ2v) is 8.11. The number of aromatic nitrogens is 1. The van der Waals surface area contributed by atoms with Crippen molar-refractivity contribution >= 4 is 29.0 Å². The smallest absolute Gasteiger partial charge is 0.376 e. The van der Waals surface area contributed by atoms with Crippen LogP contribution in [0.3, 0.4) is 0 Å². The first-order chi connectivity index (χ1) is 15.1. The summed E-state index contributed by atoms with van der Waals surface area (Å²) in [5, 5.41) is 3.12. The molecule has 0 spiro atoms. The Morgan fingerprint density at radius 1 is 1.22 bits per heavy atom. The zero-order valence-corrected chi connectivity index (χ0v) is 17.8. The van der Waals surface area contributed by atoms with Gasteiger partial charge in [0.25, 0.3) is 0 Å². The number of anilines is 3. The number of piperazine rings is 1. The third-order valence-electron chi connectivity index (χ3n) is 5.96. The molecule has 0 radical (unpaired) electrons. The average Bonchev–Trinajstić information content (AvgIpc) is 3.04. The Morgan fingerprint density at radius 3 is 2.66 bits per heavy atom. The van der Waals surface area contributed by atoms with Gasteiger partial charge in [-0.3, -0.25) is 9.59 Å². The molecule has 0 aliphatic carbocycles. The Labute approximate surface area is 183 Å². The highest BCUT2D eigenvalue weighted by molar-refractivity contribution is 6.01. The third-order valence-corrected chi connectivity index (χ3v) is 5.96. The van der Waals surface area contributed by atoms with E-state index in [1.54, 1.807) is 16.8 Å². The van der Waals surface area contributed by atoms with Crippen molar-refractivity contribution in [3.63, 3.8) is 0 Å². The van der Waals surface area contributed by atoms with Crippen molar-refractivity contribution in [3.8, 4) is 0 Å². The van der Waals surface area contributed by atoms with Gasteiger partial charge in [0.05, 0.1) is 18.5 Å². The minimum atomic E-state index is -4.42. The normalized spacial score (nSPS) is 18.7. The summed E-state index contributed by atoms with van der Waals surface area (Å²) in [5.41, 5.74) is 1.80. The Morgan fingerprint density at radius 2 is 2.00 bits per heavy atom. The van der Waals surface area contributed by atoms with Gasteiger partial charge in [0.2, 0.25) is 11.8 Å². The van der Waals surface area contributed by atoms with Crippen molar-refractivity contribution < 1.29 is 22.8 Å². The van der Waals surface area contributed by atoms with Crippen LogP contribution in [0.5, 0.6) is 0 Å². The molecule has 1 aromatic heterocycles. The van der Waals surface area contributed by atoms with Gasteiger partial charge in [-0.1, -0.05) is 6.07 Å². The molecule has 170 valence electrons. The van der Waals surface area contributed by atoms with Gasteiger partial charge in [0, 0.05) is 50.3 Å². The molecule has 1 atom stereocenters. The largest absolute Gasteiger partial charge is 0.417 e. The topological polar surface area (TPSA) is 68.8 Å². The summed E-state index contributed by atoms with van der Waals surface area (Å²) in [5.74, 6) is 0.442. The van der Waals surface area contributed by atoms with Crippen LogP contribution in [0.2, 0.25) is 0 Å². The number of nitrogens with one attached hydrogen (secondary N) is 1. The van der Waals surface area contributed by atoms with E-state index in [2.05, 4.69) is 10.3 Å². The van der Waals surface area contributed by atoms with E-state index in [-0.39, 0.29) is 24.4 Å². The third kappa shape index (κ3) is 4.35. The standard InChI is InChI=1S/C22H24F3N5O2/c1-14-13-29(7-8-30(14)19-6-4-16(11-27-19)22(23,24)25)21(32)12-26-17-5-3-15-9-20(31)28(2)18(15)10-17/h3-6,10-11,14,26H,7-9,12-13H2,1-2H3/t14-/m1/s1. The van der Waals surface area contributed by atoms with E-state index in [9.17, 15) is 22.8 Å². The molecule has 2 aromatic rings. The summed E-state index contributed by atoms with van der Waals surface area (Å²) in [6.45, 7) is 3.41. The number of nitrogens with zero attached hydrogens (tertiary/aromatic N) is 4. The van der Waals surface area contributed by atoms with Crippen LogP contribution in [0.25, 0.3) is 0 Å². The van der Waals surface area contributed by atoms with Gasteiger partial charge in [-0.25, -0.2) is 4.98 Å². The fourth-order valence-corrected chi connectivity index (χ4v) is 4.09. The van der Waals surface area contributed by atoms with Crippen molar-refractivity contribution in [2.24, 2.45) is 0 Å². The van der Waals surface area contributed by atoms with Gasteiger partial charge in [0.15, 0.2) is 0 Å². The lowest BCUT2D eigenvalue weighted by atomic mass is 10.1. The van der Waals surface area contributed by atoms with Crippen molar-refractivity contribution in [3.05, 3.63) is 47.7 Å². The van der Waals surface area contributed by atoms with E-state index < -0.39 is 11.7 Å². The first-order valence-corrected chi connectivity index (χ1v) is 10.3. The maximum Gasteiger partial charge on any atom is 0.417 e. The number of likely N-dealkylation sites (N-methyl/N-ethyl adjacent to an activating group) is 1. The van der Waals surface area contributed by atoms with Gasteiger partial charge in [-0.05, 0) is 36.8 Å². The highest BCUT2D eigenvalue weighted by Gasteiger charge is 2.32. The highest BCUT2D eigenvalue weighted by Crippen LogP contribution is 2.31. The average molecular weight is 447 g/mol. The van der Waals surface area contributed by atoms with E-state index in [1.165, 1.54) is 6.07 Å². The molecule has 32 heavy (non-hydrogen) atoms. The number of amides is 2. The molecule has 4 rings (SSSR count). The van der Waals surface area contributed by atoms with Crippen LogP contribution >= 0.6 is 0 Å². The molecule has 3 heterocycles. The highest BCUT2D eigenvalue weighted by atomic mass is 19.4.